The van der Waals surface area contributed by atoms with Crippen LogP contribution in [0.4, 0.5) is 5.95 Å². The van der Waals surface area contributed by atoms with Crippen molar-refractivity contribution in [1.29, 1.82) is 0 Å². The minimum atomic E-state index is -0.381. The van der Waals surface area contributed by atoms with E-state index in [-0.39, 0.29) is 12.2 Å². The van der Waals surface area contributed by atoms with Crippen molar-refractivity contribution in [2.75, 3.05) is 31.1 Å². The first-order valence-corrected chi connectivity index (χ1v) is 13.1. The fourth-order valence-electron chi connectivity index (χ4n) is 4.63. The van der Waals surface area contributed by atoms with Gasteiger partial charge in [-0.25, -0.2) is 20.3 Å². The fraction of sp³-hybridized carbons (Fsp3) is 0.480. The van der Waals surface area contributed by atoms with Crippen molar-refractivity contribution >= 4 is 38.7 Å². The third-order valence-corrected chi connectivity index (χ3v) is 7.19. The number of piperidine rings is 1. The van der Waals surface area contributed by atoms with E-state index in [0.29, 0.717) is 24.0 Å². The van der Waals surface area contributed by atoms with Crippen molar-refractivity contribution in [1.82, 2.24) is 25.7 Å². The van der Waals surface area contributed by atoms with Crippen molar-refractivity contribution in [3.05, 3.63) is 52.4 Å². The van der Waals surface area contributed by atoms with E-state index in [2.05, 4.69) is 71.0 Å². The molecule has 3 aromatic rings. The second-order valence-electron chi connectivity index (χ2n) is 9.18. The van der Waals surface area contributed by atoms with Crippen LogP contribution in [0, 0.1) is 5.92 Å². The molecule has 2 aliphatic heterocycles. The number of carbonyl (C=O) groups excluding carboxylic acids is 1. The van der Waals surface area contributed by atoms with E-state index in [9.17, 15) is 4.79 Å². The summed E-state index contributed by atoms with van der Waals surface area (Å²) in [7, 11) is 0. The molecule has 2 aliphatic rings. The molecule has 0 saturated carbocycles. The Morgan fingerprint density at radius 3 is 2.80 bits per heavy atom. The number of amides is 1. The predicted molar refractivity (Wildman–Crippen MR) is 137 cm³/mol. The van der Waals surface area contributed by atoms with Crippen LogP contribution in [-0.4, -0.2) is 53.4 Å². The first-order valence-electron chi connectivity index (χ1n) is 12.3. The van der Waals surface area contributed by atoms with E-state index < -0.39 is 0 Å². The zero-order valence-electron chi connectivity index (χ0n) is 19.6. The summed E-state index contributed by atoms with van der Waals surface area (Å²) in [6.45, 7) is 4.30. The second kappa shape index (κ2) is 11.5. The van der Waals surface area contributed by atoms with E-state index in [4.69, 9.17) is 9.57 Å². The second-order valence-corrected chi connectivity index (χ2v) is 10.1. The summed E-state index contributed by atoms with van der Waals surface area (Å²) in [4.78, 5) is 32.0. The summed E-state index contributed by atoms with van der Waals surface area (Å²) in [6, 6.07) is 6.31. The van der Waals surface area contributed by atoms with Crippen LogP contribution in [0.15, 0.2) is 41.3 Å². The molecule has 2 saturated heterocycles. The van der Waals surface area contributed by atoms with Gasteiger partial charge in [0.15, 0.2) is 6.29 Å². The number of nitrogens with one attached hydrogen (secondary N) is 3. The Hall–Kier alpha value is -2.53. The molecule has 4 heterocycles. The lowest BCUT2D eigenvalue weighted by atomic mass is 9.97. The van der Waals surface area contributed by atoms with E-state index in [1.54, 1.807) is 12.4 Å². The number of hydrogen-bond donors (Lipinski definition) is 3. The molecule has 10 heteroatoms. The molecule has 1 amide bonds. The summed E-state index contributed by atoms with van der Waals surface area (Å²) < 4.78 is 6.55. The Kier molecular flexibility index (Phi) is 7.92. The number of carbonyl (C=O) groups is 1. The fourth-order valence-corrected chi connectivity index (χ4v) is 4.99. The summed E-state index contributed by atoms with van der Waals surface area (Å²) in [5.74, 6) is 0.916. The van der Waals surface area contributed by atoms with E-state index in [0.717, 1.165) is 68.3 Å². The van der Waals surface area contributed by atoms with E-state index in [1.165, 1.54) is 10.9 Å². The van der Waals surface area contributed by atoms with E-state index >= 15 is 0 Å². The Morgan fingerprint density at radius 1 is 1.20 bits per heavy atom. The van der Waals surface area contributed by atoms with Crippen LogP contribution in [-0.2, 0) is 16.1 Å². The number of fused-ring (bicyclic) bond motifs is 1. The van der Waals surface area contributed by atoms with Gasteiger partial charge in [0.05, 0.1) is 5.56 Å². The molecular formula is C25H31BrN6O3. The van der Waals surface area contributed by atoms with Gasteiger partial charge in [0, 0.05) is 66.6 Å². The summed E-state index contributed by atoms with van der Waals surface area (Å²) in [5.41, 5.74) is 5.26. The van der Waals surface area contributed by atoms with Gasteiger partial charge in [0.2, 0.25) is 5.95 Å². The number of nitrogens with zero attached hydrogens (tertiary/aromatic N) is 3. The molecule has 9 nitrogen and oxygen atoms in total. The number of rotatable bonds is 8. The zero-order chi connectivity index (χ0) is 24.0. The van der Waals surface area contributed by atoms with Gasteiger partial charge >= 0.3 is 0 Å². The maximum atomic E-state index is 12.3. The molecule has 0 bridgehead atoms. The lowest BCUT2D eigenvalue weighted by molar-refractivity contribution is -0.186. The lowest BCUT2D eigenvalue weighted by Crippen LogP contribution is -2.38. The smallest absolute Gasteiger partial charge is 0.278 e. The first-order chi connectivity index (χ1) is 17.2. The Morgan fingerprint density at radius 2 is 2.03 bits per heavy atom. The number of H-pyrrole nitrogens is 1. The highest BCUT2D eigenvalue weighted by Crippen LogP contribution is 2.24. The molecular weight excluding hydrogens is 512 g/mol. The van der Waals surface area contributed by atoms with Crippen LogP contribution in [0.25, 0.3) is 10.9 Å². The Bertz CT molecular complexity index is 1120. The van der Waals surface area contributed by atoms with Crippen LogP contribution in [0.1, 0.15) is 48.0 Å². The van der Waals surface area contributed by atoms with Crippen molar-refractivity contribution in [3.63, 3.8) is 0 Å². The number of aromatic nitrogens is 3. The molecule has 186 valence electrons. The van der Waals surface area contributed by atoms with Gasteiger partial charge in [-0.1, -0.05) is 15.9 Å². The van der Waals surface area contributed by atoms with Gasteiger partial charge < -0.3 is 19.9 Å². The topological polar surface area (TPSA) is 104 Å². The van der Waals surface area contributed by atoms with Crippen LogP contribution in [0.2, 0.25) is 0 Å². The molecule has 0 radical (unpaired) electrons. The van der Waals surface area contributed by atoms with Crippen LogP contribution in [0.5, 0.6) is 0 Å². The van der Waals surface area contributed by atoms with Gasteiger partial charge in [-0.05, 0) is 61.9 Å². The van der Waals surface area contributed by atoms with Crippen molar-refractivity contribution in [2.24, 2.45) is 5.92 Å². The highest BCUT2D eigenvalue weighted by molar-refractivity contribution is 9.10. The monoisotopic (exact) mass is 542 g/mol. The SMILES string of the molecule is O=C(NOC1CCCCO1)c1cnc(N2CCC(CNCc3c[nH]c4ccc(Br)cc34)CC2)nc1. The number of hydroxylamine groups is 1. The number of hydrogen-bond acceptors (Lipinski definition) is 7. The van der Waals surface area contributed by atoms with Crippen molar-refractivity contribution in [2.45, 2.75) is 44.9 Å². The number of benzene rings is 1. The van der Waals surface area contributed by atoms with Crippen LogP contribution >= 0.6 is 15.9 Å². The molecule has 1 atom stereocenters. The van der Waals surface area contributed by atoms with Crippen molar-refractivity contribution < 1.29 is 14.4 Å². The van der Waals surface area contributed by atoms with Gasteiger partial charge in [-0.15, -0.1) is 0 Å². The standard InChI is InChI=1S/C25H31BrN6O3/c26-20-4-5-22-21(11-20)18(14-28-22)13-27-12-17-6-8-32(9-7-17)25-29-15-19(16-30-25)24(33)31-35-23-3-1-2-10-34-23/h4-5,11,14-17,23,27-28H,1-3,6-10,12-13H2,(H,31,33). The zero-order valence-corrected chi connectivity index (χ0v) is 21.2. The van der Waals surface area contributed by atoms with Gasteiger partial charge in [-0.2, -0.15) is 0 Å². The third kappa shape index (κ3) is 6.19. The predicted octanol–water partition coefficient (Wildman–Crippen LogP) is 3.91. The van der Waals surface area contributed by atoms with Gasteiger partial charge in [-0.3, -0.25) is 4.79 Å². The average Bonchev–Trinajstić information content (AvgIpc) is 3.30. The molecule has 3 N–H and O–H groups in total. The van der Waals surface area contributed by atoms with E-state index in [1.807, 2.05) is 0 Å². The Labute approximate surface area is 213 Å². The number of ether oxygens (including phenoxy) is 1. The van der Waals surface area contributed by atoms with Crippen LogP contribution in [0.3, 0.4) is 0 Å². The summed E-state index contributed by atoms with van der Waals surface area (Å²) >= 11 is 3.56. The number of halogens is 1. The molecule has 35 heavy (non-hydrogen) atoms. The molecule has 0 spiro atoms. The summed E-state index contributed by atoms with van der Waals surface area (Å²) in [5, 5.41) is 4.88. The Balaban J connectivity index is 1.05. The molecule has 5 rings (SSSR count). The maximum absolute atomic E-state index is 12.3. The number of aromatic amines is 1. The average molecular weight is 543 g/mol. The van der Waals surface area contributed by atoms with Crippen LogP contribution < -0.4 is 15.7 Å². The molecule has 2 fully saturated rings. The van der Waals surface area contributed by atoms with Gasteiger partial charge in [0.1, 0.15) is 0 Å². The molecule has 2 aromatic heterocycles. The molecule has 1 aromatic carbocycles. The largest absolute Gasteiger partial charge is 0.361 e. The minimum Gasteiger partial charge on any atom is -0.361 e. The highest BCUT2D eigenvalue weighted by atomic mass is 79.9. The first kappa shape index (κ1) is 24.2. The third-order valence-electron chi connectivity index (χ3n) is 6.70. The highest BCUT2D eigenvalue weighted by Gasteiger charge is 2.22. The van der Waals surface area contributed by atoms with Gasteiger partial charge in [0.25, 0.3) is 5.91 Å². The molecule has 1 unspecified atom stereocenters. The summed E-state index contributed by atoms with van der Waals surface area (Å²) in [6.07, 6.45) is 9.81. The lowest BCUT2D eigenvalue weighted by Gasteiger charge is -2.32. The number of anilines is 1. The quantitative estimate of drug-likeness (QED) is 0.370. The van der Waals surface area contributed by atoms with Crippen molar-refractivity contribution in [3.8, 4) is 0 Å². The maximum Gasteiger partial charge on any atom is 0.278 e. The normalized spacial score (nSPS) is 19.2. The minimum absolute atomic E-state index is 0.363. The molecule has 0 aliphatic carbocycles.